The van der Waals surface area contributed by atoms with Crippen LogP contribution in [0.2, 0.25) is 0 Å². The quantitative estimate of drug-likeness (QED) is 0.751. The van der Waals surface area contributed by atoms with Crippen molar-refractivity contribution in [2.75, 3.05) is 32.8 Å². The Kier molecular flexibility index (Phi) is 5.36. The number of rotatable bonds is 1. The van der Waals surface area contributed by atoms with E-state index in [2.05, 4.69) is 4.90 Å². The summed E-state index contributed by atoms with van der Waals surface area (Å²) in [6.45, 7) is 7.78. The SMILES string of the molecule is CC(C)(C)OC(=O)N1CCN2CC(c3ccc(F)c(C#N)c3F)OCC2C1. The van der Waals surface area contributed by atoms with Gasteiger partial charge in [0.05, 0.1) is 18.8 Å². The number of hydrogen-bond donors (Lipinski definition) is 0. The van der Waals surface area contributed by atoms with Gasteiger partial charge in [-0.25, -0.2) is 13.6 Å². The van der Waals surface area contributed by atoms with E-state index in [1.165, 1.54) is 6.07 Å². The molecule has 3 rings (SSSR count). The van der Waals surface area contributed by atoms with Crippen molar-refractivity contribution in [3.63, 3.8) is 0 Å². The minimum Gasteiger partial charge on any atom is -0.444 e. The highest BCUT2D eigenvalue weighted by atomic mass is 19.1. The first kappa shape index (κ1) is 19.5. The smallest absolute Gasteiger partial charge is 0.410 e. The number of morpholine rings is 1. The monoisotopic (exact) mass is 379 g/mol. The third-order valence-electron chi connectivity index (χ3n) is 4.73. The van der Waals surface area contributed by atoms with Gasteiger partial charge < -0.3 is 14.4 Å². The molecule has 0 aliphatic carbocycles. The van der Waals surface area contributed by atoms with Gasteiger partial charge in [-0.2, -0.15) is 5.26 Å². The lowest BCUT2D eigenvalue weighted by Crippen LogP contribution is -2.60. The van der Waals surface area contributed by atoms with Crippen molar-refractivity contribution in [3.05, 3.63) is 34.9 Å². The number of halogens is 2. The van der Waals surface area contributed by atoms with Gasteiger partial charge in [-0.05, 0) is 26.8 Å². The Balaban J connectivity index is 1.67. The second-order valence-electron chi connectivity index (χ2n) is 7.83. The molecule has 6 nitrogen and oxygen atoms in total. The Labute approximate surface area is 157 Å². The van der Waals surface area contributed by atoms with Crippen molar-refractivity contribution in [3.8, 4) is 6.07 Å². The van der Waals surface area contributed by atoms with E-state index < -0.39 is 28.9 Å². The highest BCUT2D eigenvalue weighted by molar-refractivity contribution is 5.68. The maximum atomic E-state index is 14.4. The van der Waals surface area contributed by atoms with Crippen LogP contribution in [0.15, 0.2) is 12.1 Å². The Bertz CT molecular complexity index is 773. The molecule has 2 aliphatic rings. The van der Waals surface area contributed by atoms with Gasteiger partial charge in [0.2, 0.25) is 0 Å². The highest BCUT2D eigenvalue weighted by Gasteiger charge is 2.37. The van der Waals surface area contributed by atoms with Crippen LogP contribution in [0, 0.1) is 23.0 Å². The molecule has 0 spiro atoms. The average Bonchev–Trinajstić information content (AvgIpc) is 2.60. The van der Waals surface area contributed by atoms with Gasteiger partial charge in [-0.3, -0.25) is 4.90 Å². The molecule has 2 heterocycles. The van der Waals surface area contributed by atoms with Gasteiger partial charge in [0.25, 0.3) is 0 Å². The number of benzene rings is 1. The molecule has 0 aromatic heterocycles. The van der Waals surface area contributed by atoms with Gasteiger partial charge in [-0.15, -0.1) is 0 Å². The summed E-state index contributed by atoms with van der Waals surface area (Å²) in [5, 5.41) is 8.94. The molecule has 2 unspecified atom stereocenters. The zero-order valence-corrected chi connectivity index (χ0v) is 15.7. The number of ether oxygens (including phenoxy) is 2. The summed E-state index contributed by atoms with van der Waals surface area (Å²) in [6, 6.07) is 3.96. The number of nitriles is 1. The summed E-state index contributed by atoms with van der Waals surface area (Å²) in [7, 11) is 0. The Morgan fingerprint density at radius 2 is 2.04 bits per heavy atom. The second kappa shape index (κ2) is 7.41. The highest BCUT2D eigenvalue weighted by Crippen LogP contribution is 2.30. The van der Waals surface area contributed by atoms with E-state index in [0.29, 0.717) is 32.8 Å². The predicted octanol–water partition coefficient (Wildman–Crippen LogP) is 2.83. The predicted molar refractivity (Wildman–Crippen MR) is 92.9 cm³/mol. The zero-order chi connectivity index (χ0) is 19.8. The molecule has 2 aliphatic heterocycles. The molecule has 1 amide bonds. The van der Waals surface area contributed by atoms with E-state index in [9.17, 15) is 13.6 Å². The van der Waals surface area contributed by atoms with Crippen molar-refractivity contribution in [2.45, 2.75) is 38.5 Å². The minimum atomic E-state index is -0.876. The first-order valence-electron chi connectivity index (χ1n) is 8.91. The van der Waals surface area contributed by atoms with Crippen LogP contribution in [0.25, 0.3) is 0 Å². The Morgan fingerprint density at radius 1 is 1.30 bits per heavy atom. The van der Waals surface area contributed by atoms with Gasteiger partial charge in [0.15, 0.2) is 0 Å². The summed E-state index contributed by atoms with van der Waals surface area (Å²) >= 11 is 0. The zero-order valence-electron chi connectivity index (χ0n) is 15.7. The van der Waals surface area contributed by atoms with Crippen molar-refractivity contribution >= 4 is 6.09 Å². The average molecular weight is 379 g/mol. The molecule has 0 saturated carbocycles. The second-order valence-corrected chi connectivity index (χ2v) is 7.83. The molecule has 146 valence electrons. The molecule has 1 aromatic carbocycles. The van der Waals surface area contributed by atoms with Crippen LogP contribution in [0.5, 0.6) is 0 Å². The fourth-order valence-electron chi connectivity index (χ4n) is 3.38. The molecule has 2 fully saturated rings. The number of piperazine rings is 1. The fraction of sp³-hybridized carbons (Fsp3) is 0.579. The van der Waals surface area contributed by atoms with Crippen molar-refractivity contribution in [1.29, 1.82) is 5.26 Å². The summed E-state index contributed by atoms with van der Waals surface area (Å²) in [5.41, 5.74) is -0.963. The molecular formula is C19H23F2N3O3. The lowest BCUT2D eigenvalue weighted by molar-refractivity contribution is -0.0915. The van der Waals surface area contributed by atoms with E-state index in [1.54, 1.807) is 11.0 Å². The number of hydrogen-bond acceptors (Lipinski definition) is 5. The largest absolute Gasteiger partial charge is 0.444 e. The van der Waals surface area contributed by atoms with Gasteiger partial charge in [0.1, 0.15) is 28.9 Å². The molecule has 0 N–H and O–H groups in total. The van der Waals surface area contributed by atoms with Crippen LogP contribution in [-0.4, -0.2) is 60.3 Å². The maximum absolute atomic E-state index is 14.4. The van der Waals surface area contributed by atoms with E-state index in [0.717, 1.165) is 6.07 Å². The topological polar surface area (TPSA) is 65.8 Å². The van der Waals surface area contributed by atoms with Crippen molar-refractivity contribution < 1.29 is 23.0 Å². The fourth-order valence-corrected chi connectivity index (χ4v) is 3.38. The Morgan fingerprint density at radius 3 is 2.70 bits per heavy atom. The van der Waals surface area contributed by atoms with E-state index >= 15 is 0 Å². The lowest BCUT2D eigenvalue weighted by atomic mass is 10.0. The molecule has 0 bridgehead atoms. The summed E-state index contributed by atoms with van der Waals surface area (Å²) < 4.78 is 39.2. The van der Waals surface area contributed by atoms with Crippen LogP contribution < -0.4 is 0 Å². The van der Waals surface area contributed by atoms with Crippen molar-refractivity contribution in [1.82, 2.24) is 9.80 Å². The normalized spacial score (nSPS) is 23.5. The maximum Gasteiger partial charge on any atom is 0.410 e. The first-order valence-corrected chi connectivity index (χ1v) is 8.91. The summed E-state index contributed by atoms with van der Waals surface area (Å²) in [6.07, 6.45) is -0.936. The van der Waals surface area contributed by atoms with Crippen LogP contribution >= 0.6 is 0 Å². The van der Waals surface area contributed by atoms with Crippen LogP contribution in [0.1, 0.15) is 38.0 Å². The van der Waals surface area contributed by atoms with E-state index in [1.807, 2.05) is 20.8 Å². The molecule has 0 radical (unpaired) electrons. The molecule has 2 atom stereocenters. The molecule has 1 aromatic rings. The van der Waals surface area contributed by atoms with Gasteiger partial charge in [0, 0.05) is 31.7 Å². The summed E-state index contributed by atoms with van der Waals surface area (Å²) in [5.74, 6) is -1.74. The molecule has 8 heteroatoms. The molecule has 27 heavy (non-hydrogen) atoms. The third-order valence-corrected chi connectivity index (χ3v) is 4.73. The van der Waals surface area contributed by atoms with Crippen LogP contribution in [0.4, 0.5) is 13.6 Å². The minimum absolute atomic E-state index is 0.0125. The summed E-state index contributed by atoms with van der Waals surface area (Å²) in [4.78, 5) is 16.0. The lowest BCUT2D eigenvalue weighted by Gasteiger charge is -2.46. The van der Waals surface area contributed by atoms with Gasteiger partial charge >= 0.3 is 6.09 Å². The number of fused-ring (bicyclic) bond motifs is 1. The Hall–Kier alpha value is -2.24. The number of carbonyl (C=O) groups is 1. The van der Waals surface area contributed by atoms with E-state index in [4.69, 9.17) is 14.7 Å². The van der Waals surface area contributed by atoms with Crippen LogP contribution in [0.3, 0.4) is 0 Å². The van der Waals surface area contributed by atoms with Gasteiger partial charge in [-0.1, -0.05) is 6.07 Å². The first-order chi connectivity index (χ1) is 12.7. The van der Waals surface area contributed by atoms with E-state index in [-0.39, 0.29) is 17.7 Å². The number of carbonyl (C=O) groups excluding carboxylic acids is 1. The number of amides is 1. The van der Waals surface area contributed by atoms with Crippen molar-refractivity contribution in [2.24, 2.45) is 0 Å². The van der Waals surface area contributed by atoms with Crippen LogP contribution in [-0.2, 0) is 9.47 Å². The third kappa shape index (κ3) is 4.20. The molecular weight excluding hydrogens is 356 g/mol. The standard InChI is InChI=1S/C19H23F2N3O3/c1-19(2,3)27-18(25)24-7-6-23-10-16(26-11-12(23)9-24)13-4-5-15(20)14(8-22)17(13)21/h4-5,12,16H,6-7,9-11H2,1-3H3. The molecule has 2 saturated heterocycles. The number of nitrogens with zero attached hydrogens (tertiary/aromatic N) is 3.